The fraction of sp³-hybridized carbons (Fsp3) is 0.462. The predicted octanol–water partition coefficient (Wildman–Crippen LogP) is 1.53. The highest BCUT2D eigenvalue weighted by Crippen LogP contribution is 2.06. The summed E-state index contributed by atoms with van der Waals surface area (Å²) in [6, 6.07) is -0.509. The van der Waals surface area contributed by atoms with Crippen molar-refractivity contribution in [1.29, 1.82) is 0 Å². The van der Waals surface area contributed by atoms with Crippen LogP contribution in [0.5, 0.6) is 0 Å². The van der Waals surface area contributed by atoms with Crippen molar-refractivity contribution in [2.24, 2.45) is 11.7 Å². The van der Waals surface area contributed by atoms with E-state index in [-0.39, 0.29) is 0 Å². The highest BCUT2D eigenvalue weighted by Gasteiger charge is 2.13. The molecule has 0 unspecified atom stereocenters. The summed E-state index contributed by atoms with van der Waals surface area (Å²) in [5, 5.41) is 1.84. The number of hydrogen-bond donors (Lipinski definition) is 2. The molecule has 19 heavy (non-hydrogen) atoms. The van der Waals surface area contributed by atoms with Gasteiger partial charge in [0.05, 0.1) is 0 Å². The van der Waals surface area contributed by atoms with E-state index in [1.807, 2.05) is 25.2 Å². The molecule has 0 bridgehead atoms. The average molecular weight is 268 g/mol. The molecule has 6 heteroatoms. The molecule has 0 aromatic carbocycles. The standard InChI is InChI=1S/C13H24N4O2/c1-11(9-10-19-4)7-5-6-8-12(2)17(15)13(18)16(3)14/h5-7H,2,8-10,14-15H2,1,3-4H3/b6-5-,11-7-. The molecule has 108 valence electrons. The Balaban J connectivity index is 4.19. The van der Waals surface area contributed by atoms with E-state index >= 15 is 0 Å². The third kappa shape index (κ3) is 7.40. The monoisotopic (exact) mass is 268 g/mol. The molecule has 0 aliphatic heterocycles. The summed E-state index contributed by atoms with van der Waals surface area (Å²) >= 11 is 0. The number of ether oxygens (including phenoxy) is 1. The summed E-state index contributed by atoms with van der Waals surface area (Å²) in [7, 11) is 3.10. The molecule has 6 nitrogen and oxygen atoms in total. The van der Waals surface area contributed by atoms with E-state index in [0.717, 1.165) is 16.4 Å². The van der Waals surface area contributed by atoms with Crippen LogP contribution < -0.4 is 11.7 Å². The second-order valence-electron chi connectivity index (χ2n) is 4.22. The van der Waals surface area contributed by atoms with Gasteiger partial charge in [-0.3, -0.25) is 5.01 Å². The Morgan fingerprint density at radius 1 is 1.42 bits per heavy atom. The van der Waals surface area contributed by atoms with E-state index in [0.29, 0.717) is 18.7 Å². The Labute approximate surface area is 114 Å². The highest BCUT2D eigenvalue weighted by molar-refractivity contribution is 5.74. The number of methoxy groups -OCH3 is 1. The zero-order valence-corrected chi connectivity index (χ0v) is 11.9. The van der Waals surface area contributed by atoms with E-state index < -0.39 is 6.03 Å². The lowest BCUT2D eigenvalue weighted by Crippen LogP contribution is -2.47. The van der Waals surface area contributed by atoms with Gasteiger partial charge in [0.1, 0.15) is 0 Å². The molecule has 0 radical (unpaired) electrons. The number of hydrazine groups is 2. The van der Waals surface area contributed by atoms with Gasteiger partial charge in [-0.05, 0) is 13.3 Å². The molecule has 0 aromatic heterocycles. The minimum atomic E-state index is -0.509. The second kappa shape index (κ2) is 9.32. The molecule has 0 saturated heterocycles. The Kier molecular flexibility index (Phi) is 8.52. The molecular formula is C13H24N4O2. The lowest BCUT2D eigenvalue weighted by molar-refractivity contribution is 0.176. The number of hydrogen-bond acceptors (Lipinski definition) is 4. The molecule has 0 atom stereocenters. The normalized spacial score (nSPS) is 11.7. The van der Waals surface area contributed by atoms with Gasteiger partial charge in [0.2, 0.25) is 0 Å². The van der Waals surface area contributed by atoms with Crippen molar-refractivity contribution in [2.75, 3.05) is 20.8 Å². The maximum absolute atomic E-state index is 11.4. The zero-order valence-electron chi connectivity index (χ0n) is 11.9. The van der Waals surface area contributed by atoms with Gasteiger partial charge in [0.25, 0.3) is 0 Å². The van der Waals surface area contributed by atoms with Crippen LogP contribution in [0.2, 0.25) is 0 Å². The third-order valence-corrected chi connectivity index (χ3v) is 2.42. The van der Waals surface area contributed by atoms with Gasteiger partial charge in [-0.25, -0.2) is 21.5 Å². The first-order valence-corrected chi connectivity index (χ1v) is 5.96. The molecule has 0 spiro atoms. The molecule has 0 aromatic rings. The Morgan fingerprint density at radius 2 is 2.05 bits per heavy atom. The molecule has 4 N–H and O–H groups in total. The molecule has 2 amide bonds. The zero-order chi connectivity index (χ0) is 14.8. The van der Waals surface area contributed by atoms with E-state index in [1.54, 1.807) is 7.11 Å². The number of carbonyl (C=O) groups excluding carboxylic acids is 1. The lowest BCUT2D eigenvalue weighted by Gasteiger charge is -2.21. The molecule has 0 rings (SSSR count). The molecule has 0 aliphatic rings. The number of allylic oxidation sites excluding steroid dienone is 3. The van der Waals surface area contributed by atoms with Crippen LogP contribution in [-0.4, -0.2) is 36.8 Å². The van der Waals surface area contributed by atoms with Gasteiger partial charge in [-0.15, -0.1) is 0 Å². The van der Waals surface area contributed by atoms with Crippen LogP contribution >= 0.6 is 0 Å². The first-order valence-electron chi connectivity index (χ1n) is 5.96. The van der Waals surface area contributed by atoms with E-state index in [9.17, 15) is 4.79 Å². The first kappa shape index (κ1) is 17.4. The van der Waals surface area contributed by atoms with Crippen molar-refractivity contribution in [3.8, 4) is 0 Å². The van der Waals surface area contributed by atoms with E-state index in [2.05, 4.69) is 6.58 Å². The van der Waals surface area contributed by atoms with Crippen LogP contribution in [0.25, 0.3) is 0 Å². The summed E-state index contributed by atoms with van der Waals surface area (Å²) in [5.74, 6) is 10.9. The Bertz CT molecular complexity index is 362. The third-order valence-electron chi connectivity index (χ3n) is 2.42. The van der Waals surface area contributed by atoms with Gasteiger partial charge in [-0.2, -0.15) is 0 Å². The molecule has 0 heterocycles. The Hall–Kier alpha value is -1.63. The van der Waals surface area contributed by atoms with Crippen LogP contribution in [0.4, 0.5) is 4.79 Å². The van der Waals surface area contributed by atoms with Crippen molar-refractivity contribution in [1.82, 2.24) is 10.0 Å². The number of urea groups is 1. The summed E-state index contributed by atoms with van der Waals surface area (Å²) in [4.78, 5) is 11.4. The maximum Gasteiger partial charge on any atom is 0.352 e. The van der Waals surface area contributed by atoms with Crippen LogP contribution in [0, 0.1) is 0 Å². The van der Waals surface area contributed by atoms with Crippen molar-refractivity contribution in [3.05, 3.63) is 36.1 Å². The molecular weight excluding hydrogens is 244 g/mol. The second-order valence-corrected chi connectivity index (χ2v) is 4.22. The number of amides is 2. The first-order chi connectivity index (χ1) is 8.90. The summed E-state index contributed by atoms with van der Waals surface area (Å²) in [5.41, 5.74) is 1.69. The maximum atomic E-state index is 11.4. The van der Waals surface area contributed by atoms with Gasteiger partial charge < -0.3 is 4.74 Å². The van der Waals surface area contributed by atoms with Crippen molar-refractivity contribution < 1.29 is 9.53 Å². The van der Waals surface area contributed by atoms with Gasteiger partial charge >= 0.3 is 6.03 Å². The van der Waals surface area contributed by atoms with Crippen LogP contribution in [0.1, 0.15) is 19.8 Å². The fourth-order valence-corrected chi connectivity index (χ4v) is 1.19. The van der Waals surface area contributed by atoms with Crippen LogP contribution in [-0.2, 0) is 4.74 Å². The Morgan fingerprint density at radius 3 is 2.58 bits per heavy atom. The van der Waals surface area contributed by atoms with Gasteiger partial charge in [0.15, 0.2) is 0 Å². The van der Waals surface area contributed by atoms with Gasteiger partial charge in [-0.1, -0.05) is 30.4 Å². The average Bonchev–Trinajstić information content (AvgIpc) is 2.38. The predicted molar refractivity (Wildman–Crippen MR) is 76.5 cm³/mol. The number of nitrogens with zero attached hydrogens (tertiary/aromatic N) is 2. The highest BCUT2D eigenvalue weighted by atomic mass is 16.5. The summed E-state index contributed by atoms with van der Waals surface area (Å²) in [6.45, 7) is 6.46. The van der Waals surface area contributed by atoms with Crippen molar-refractivity contribution in [3.63, 3.8) is 0 Å². The smallest absolute Gasteiger partial charge is 0.352 e. The minimum absolute atomic E-state index is 0.474. The lowest BCUT2D eigenvalue weighted by atomic mass is 10.2. The van der Waals surface area contributed by atoms with E-state index in [1.165, 1.54) is 12.6 Å². The van der Waals surface area contributed by atoms with Crippen molar-refractivity contribution >= 4 is 6.03 Å². The fourth-order valence-electron chi connectivity index (χ4n) is 1.19. The largest absolute Gasteiger partial charge is 0.384 e. The minimum Gasteiger partial charge on any atom is -0.384 e. The van der Waals surface area contributed by atoms with Crippen LogP contribution in [0.3, 0.4) is 0 Å². The molecule has 0 fully saturated rings. The number of rotatable bonds is 7. The molecule has 0 saturated carbocycles. The number of nitrogens with two attached hydrogens (primary N) is 2. The van der Waals surface area contributed by atoms with Crippen molar-refractivity contribution in [2.45, 2.75) is 19.8 Å². The van der Waals surface area contributed by atoms with Crippen LogP contribution in [0.15, 0.2) is 36.1 Å². The number of carbonyl (C=O) groups is 1. The van der Waals surface area contributed by atoms with Gasteiger partial charge in [0, 0.05) is 32.9 Å². The van der Waals surface area contributed by atoms with E-state index in [4.69, 9.17) is 16.4 Å². The summed E-state index contributed by atoms with van der Waals surface area (Å²) in [6.07, 6.45) is 7.14. The summed E-state index contributed by atoms with van der Waals surface area (Å²) < 4.78 is 4.98. The molecule has 0 aliphatic carbocycles. The SMILES string of the molecule is C=C(C/C=C\C=C(\C)CCOC)N(N)C(=O)N(C)N. The quantitative estimate of drug-likeness (QED) is 0.317. The topological polar surface area (TPSA) is 84.8 Å².